The Labute approximate surface area is 130 Å². The molecule has 0 heterocycles. The number of rotatable bonds is 2. The Hall–Kier alpha value is -1.12. The predicted molar refractivity (Wildman–Crippen MR) is 90.3 cm³/mol. The van der Waals surface area contributed by atoms with Crippen molar-refractivity contribution in [2.24, 2.45) is 5.73 Å². The first-order valence-corrected chi connectivity index (χ1v) is 7.71. The number of hydrogen-bond donors (Lipinski definition) is 1. The van der Waals surface area contributed by atoms with Crippen LogP contribution in [0.5, 0.6) is 0 Å². The summed E-state index contributed by atoms with van der Waals surface area (Å²) in [5.41, 5.74) is 15.5. The van der Waals surface area contributed by atoms with E-state index in [2.05, 4.69) is 74.8 Å². The zero-order valence-corrected chi connectivity index (χ0v) is 14.4. The number of halogens is 1. The van der Waals surface area contributed by atoms with Crippen LogP contribution in [0.3, 0.4) is 0 Å². The molecule has 2 aromatic carbocycles. The quantitative estimate of drug-likeness (QED) is 0.819. The number of hydrogen-bond acceptors (Lipinski definition) is 1. The van der Waals surface area contributed by atoms with E-state index >= 15 is 0 Å². The second-order valence-electron chi connectivity index (χ2n) is 5.61. The van der Waals surface area contributed by atoms with E-state index in [0.29, 0.717) is 0 Å². The van der Waals surface area contributed by atoms with Crippen LogP contribution in [-0.4, -0.2) is 0 Å². The summed E-state index contributed by atoms with van der Waals surface area (Å²) in [5.74, 6) is 0. The van der Waals surface area contributed by atoms with Gasteiger partial charge in [-0.1, -0.05) is 34.1 Å². The zero-order valence-electron chi connectivity index (χ0n) is 12.8. The molecule has 0 saturated carbocycles. The van der Waals surface area contributed by atoms with Gasteiger partial charge in [0.2, 0.25) is 0 Å². The molecule has 0 spiro atoms. The molecule has 1 nitrogen and oxygen atoms in total. The van der Waals surface area contributed by atoms with Crippen molar-refractivity contribution in [3.8, 4) is 0 Å². The lowest BCUT2D eigenvalue weighted by Crippen LogP contribution is -2.17. The Bertz CT molecular complexity index is 633. The van der Waals surface area contributed by atoms with Crippen LogP contribution in [0.15, 0.2) is 28.7 Å². The van der Waals surface area contributed by atoms with Crippen molar-refractivity contribution in [1.82, 2.24) is 0 Å². The molecule has 2 aromatic rings. The summed E-state index contributed by atoms with van der Waals surface area (Å²) in [6.45, 7) is 10.8. The van der Waals surface area contributed by atoms with E-state index in [0.717, 1.165) is 4.47 Å². The molecular weight excluding hydrogens is 310 g/mol. The van der Waals surface area contributed by atoms with Gasteiger partial charge in [-0.05, 0) is 79.6 Å². The van der Waals surface area contributed by atoms with Crippen molar-refractivity contribution >= 4 is 15.9 Å². The average molecular weight is 332 g/mol. The van der Waals surface area contributed by atoms with Crippen molar-refractivity contribution in [1.29, 1.82) is 0 Å². The maximum Gasteiger partial charge on any atom is 0.0560 e. The highest BCUT2D eigenvalue weighted by atomic mass is 79.9. The molecule has 1 unspecified atom stereocenters. The summed E-state index contributed by atoms with van der Waals surface area (Å²) in [6.07, 6.45) is 0. The van der Waals surface area contributed by atoms with Crippen molar-refractivity contribution in [3.05, 3.63) is 67.7 Å². The van der Waals surface area contributed by atoms with Crippen molar-refractivity contribution in [2.45, 2.75) is 40.7 Å². The monoisotopic (exact) mass is 331 g/mol. The maximum atomic E-state index is 6.60. The van der Waals surface area contributed by atoms with Gasteiger partial charge in [0.15, 0.2) is 0 Å². The van der Waals surface area contributed by atoms with E-state index in [9.17, 15) is 0 Å². The Morgan fingerprint density at radius 1 is 0.900 bits per heavy atom. The topological polar surface area (TPSA) is 26.0 Å². The van der Waals surface area contributed by atoms with E-state index in [-0.39, 0.29) is 6.04 Å². The van der Waals surface area contributed by atoms with Crippen LogP contribution >= 0.6 is 15.9 Å². The second-order valence-corrected chi connectivity index (χ2v) is 6.46. The van der Waals surface area contributed by atoms with Crippen LogP contribution in [0.4, 0.5) is 0 Å². The minimum Gasteiger partial charge on any atom is -0.320 e. The SMILES string of the molecule is Cc1cc(C)c(C)c(C(N)c2cccc(Br)c2C)c1C. The molecule has 0 aliphatic carbocycles. The van der Waals surface area contributed by atoms with E-state index < -0.39 is 0 Å². The molecule has 2 rings (SSSR count). The van der Waals surface area contributed by atoms with E-state index in [4.69, 9.17) is 5.73 Å². The van der Waals surface area contributed by atoms with Crippen LogP contribution < -0.4 is 5.73 Å². The molecule has 2 heteroatoms. The van der Waals surface area contributed by atoms with Gasteiger partial charge in [-0.2, -0.15) is 0 Å². The molecule has 0 saturated heterocycles. The summed E-state index contributed by atoms with van der Waals surface area (Å²) in [6, 6.07) is 8.41. The third-order valence-corrected chi connectivity index (χ3v) is 5.24. The first-order chi connectivity index (χ1) is 9.34. The molecule has 0 aromatic heterocycles. The fourth-order valence-corrected chi connectivity index (χ4v) is 3.21. The smallest absolute Gasteiger partial charge is 0.0560 e. The van der Waals surface area contributed by atoms with Gasteiger partial charge in [-0.15, -0.1) is 0 Å². The summed E-state index contributed by atoms with van der Waals surface area (Å²) in [4.78, 5) is 0. The molecule has 0 aliphatic heterocycles. The van der Waals surface area contributed by atoms with E-state index in [1.54, 1.807) is 0 Å². The lowest BCUT2D eigenvalue weighted by molar-refractivity contribution is 0.836. The van der Waals surface area contributed by atoms with Crippen molar-refractivity contribution in [3.63, 3.8) is 0 Å². The normalized spacial score (nSPS) is 12.6. The number of benzene rings is 2. The molecule has 106 valence electrons. The Balaban J connectivity index is 2.65. The average Bonchev–Trinajstić information content (AvgIpc) is 2.40. The van der Waals surface area contributed by atoms with Gasteiger partial charge in [0.25, 0.3) is 0 Å². The molecule has 0 fully saturated rings. The van der Waals surface area contributed by atoms with Crippen LogP contribution in [0.2, 0.25) is 0 Å². The molecule has 2 N–H and O–H groups in total. The number of aryl methyl sites for hydroxylation is 2. The number of nitrogens with two attached hydrogens (primary N) is 1. The first kappa shape index (κ1) is 15.3. The Morgan fingerprint density at radius 3 is 2.00 bits per heavy atom. The minimum absolute atomic E-state index is 0.0777. The van der Waals surface area contributed by atoms with Gasteiger partial charge in [-0.25, -0.2) is 0 Å². The van der Waals surface area contributed by atoms with Crippen LogP contribution in [0.25, 0.3) is 0 Å². The molecule has 0 aliphatic rings. The summed E-state index contributed by atoms with van der Waals surface area (Å²) in [7, 11) is 0. The van der Waals surface area contributed by atoms with Gasteiger partial charge < -0.3 is 5.73 Å². The minimum atomic E-state index is -0.0777. The van der Waals surface area contributed by atoms with Gasteiger partial charge in [0.05, 0.1) is 6.04 Å². The lowest BCUT2D eigenvalue weighted by atomic mass is 9.86. The standard InChI is InChI=1S/C18H22BrN/c1-10-9-11(2)13(4)17(12(10)3)18(20)15-7-6-8-16(19)14(15)5/h6-9,18H,20H2,1-5H3. The molecule has 1 atom stereocenters. The Morgan fingerprint density at radius 2 is 1.45 bits per heavy atom. The van der Waals surface area contributed by atoms with E-state index in [1.807, 2.05) is 0 Å². The van der Waals surface area contributed by atoms with Gasteiger partial charge in [0, 0.05) is 4.47 Å². The predicted octanol–water partition coefficient (Wildman–Crippen LogP) is 5.04. The van der Waals surface area contributed by atoms with Crippen molar-refractivity contribution in [2.75, 3.05) is 0 Å². The fraction of sp³-hybridized carbons (Fsp3) is 0.333. The summed E-state index contributed by atoms with van der Waals surface area (Å²) >= 11 is 3.60. The maximum absolute atomic E-state index is 6.60. The highest BCUT2D eigenvalue weighted by Gasteiger charge is 2.19. The van der Waals surface area contributed by atoms with Gasteiger partial charge in [-0.3, -0.25) is 0 Å². The molecule has 0 bridgehead atoms. The fourth-order valence-electron chi connectivity index (χ4n) is 2.83. The highest BCUT2D eigenvalue weighted by Crippen LogP contribution is 2.33. The second kappa shape index (κ2) is 5.71. The molecular formula is C18H22BrN. The van der Waals surface area contributed by atoms with Crippen LogP contribution in [0, 0.1) is 34.6 Å². The van der Waals surface area contributed by atoms with Crippen LogP contribution in [0.1, 0.15) is 45.0 Å². The molecule has 20 heavy (non-hydrogen) atoms. The van der Waals surface area contributed by atoms with Crippen LogP contribution in [-0.2, 0) is 0 Å². The summed E-state index contributed by atoms with van der Waals surface area (Å²) in [5, 5.41) is 0. The first-order valence-electron chi connectivity index (χ1n) is 6.92. The summed E-state index contributed by atoms with van der Waals surface area (Å²) < 4.78 is 1.12. The van der Waals surface area contributed by atoms with Gasteiger partial charge >= 0.3 is 0 Å². The van der Waals surface area contributed by atoms with Crippen molar-refractivity contribution < 1.29 is 0 Å². The molecule has 0 radical (unpaired) electrons. The zero-order chi connectivity index (χ0) is 15.0. The lowest BCUT2D eigenvalue weighted by Gasteiger charge is -2.23. The molecule has 0 amide bonds. The third kappa shape index (κ3) is 2.55. The highest BCUT2D eigenvalue weighted by molar-refractivity contribution is 9.10. The third-order valence-electron chi connectivity index (χ3n) is 4.38. The van der Waals surface area contributed by atoms with E-state index in [1.165, 1.54) is 38.9 Å². The largest absolute Gasteiger partial charge is 0.320 e. The van der Waals surface area contributed by atoms with Gasteiger partial charge in [0.1, 0.15) is 0 Å². The Kier molecular flexibility index (Phi) is 4.36.